The summed E-state index contributed by atoms with van der Waals surface area (Å²) in [6.07, 6.45) is -0.476. The number of aliphatic hydroxyl groups is 1. The first kappa shape index (κ1) is 12.7. The maximum atomic E-state index is 9.54. The Hall–Kier alpha value is -1.80. The number of aliphatic hydroxyl groups excluding tert-OH is 1. The summed E-state index contributed by atoms with van der Waals surface area (Å²) in [6.45, 7) is 3.77. The molecule has 0 aliphatic heterocycles. The van der Waals surface area contributed by atoms with E-state index in [4.69, 9.17) is 4.74 Å². The van der Waals surface area contributed by atoms with Crippen LogP contribution in [0.2, 0.25) is 0 Å². The second kappa shape index (κ2) is 5.69. The molecule has 2 aromatic rings. The molecule has 0 saturated carbocycles. The highest BCUT2D eigenvalue weighted by Gasteiger charge is 2.08. The highest BCUT2D eigenvalue weighted by atomic mass is 16.5. The molecule has 2 aromatic carbocycles. The van der Waals surface area contributed by atoms with Crippen LogP contribution in [-0.2, 0) is 0 Å². The summed E-state index contributed by atoms with van der Waals surface area (Å²) in [7, 11) is 0. The standard InChI is InChI=1S/C16H18O2/c1-12(17)15-9-6-10-16(11-15)18-13(2)14-7-4-3-5-8-14/h3-13,17H,1-2H3/t12-,13?/m0/s1. The maximum absolute atomic E-state index is 9.54. The van der Waals surface area contributed by atoms with Crippen molar-refractivity contribution in [3.63, 3.8) is 0 Å². The molecule has 0 amide bonds. The molecule has 1 N–H and O–H groups in total. The van der Waals surface area contributed by atoms with Gasteiger partial charge in [-0.05, 0) is 37.1 Å². The molecular formula is C16H18O2. The molecule has 0 saturated heterocycles. The predicted molar refractivity (Wildman–Crippen MR) is 72.6 cm³/mol. The Labute approximate surface area is 108 Å². The number of hydrogen-bond acceptors (Lipinski definition) is 2. The Kier molecular flexibility index (Phi) is 4.00. The first-order valence-electron chi connectivity index (χ1n) is 6.16. The molecule has 2 heteroatoms. The molecule has 2 rings (SSSR count). The molecule has 0 aliphatic carbocycles. The predicted octanol–water partition coefficient (Wildman–Crippen LogP) is 3.88. The van der Waals surface area contributed by atoms with E-state index < -0.39 is 6.10 Å². The Bertz CT molecular complexity index is 491. The normalized spacial score (nSPS) is 13.9. The van der Waals surface area contributed by atoms with E-state index in [-0.39, 0.29) is 6.10 Å². The lowest BCUT2D eigenvalue weighted by Crippen LogP contribution is -2.03. The smallest absolute Gasteiger partial charge is 0.121 e. The van der Waals surface area contributed by atoms with E-state index in [1.165, 1.54) is 0 Å². The van der Waals surface area contributed by atoms with Crippen LogP contribution in [0.25, 0.3) is 0 Å². The highest BCUT2D eigenvalue weighted by Crippen LogP contribution is 2.24. The van der Waals surface area contributed by atoms with Crippen molar-refractivity contribution in [2.75, 3.05) is 0 Å². The second-order valence-electron chi connectivity index (χ2n) is 4.42. The molecule has 94 valence electrons. The van der Waals surface area contributed by atoms with Crippen molar-refractivity contribution < 1.29 is 9.84 Å². The summed E-state index contributed by atoms with van der Waals surface area (Å²) >= 11 is 0. The summed E-state index contributed by atoms with van der Waals surface area (Å²) in [5, 5.41) is 9.54. The van der Waals surface area contributed by atoms with Crippen LogP contribution in [0.1, 0.15) is 37.2 Å². The van der Waals surface area contributed by atoms with Gasteiger partial charge >= 0.3 is 0 Å². The topological polar surface area (TPSA) is 29.5 Å². The van der Waals surface area contributed by atoms with Gasteiger partial charge in [0.2, 0.25) is 0 Å². The lowest BCUT2D eigenvalue weighted by Gasteiger charge is -2.16. The largest absolute Gasteiger partial charge is 0.486 e. The quantitative estimate of drug-likeness (QED) is 0.881. The molecule has 2 nitrogen and oxygen atoms in total. The van der Waals surface area contributed by atoms with Gasteiger partial charge in [-0.2, -0.15) is 0 Å². The summed E-state index contributed by atoms with van der Waals surface area (Å²) < 4.78 is 5.88. The van der Waals surface area contributed by atoms with Crippen LogP contribution in [0, 0.1) is 0 Å². The number of hydrogen-bond donors (Lipinski definition) is 1. The molecule has 2 atom stereocenters. The van der Waals surface area contributed by atoms with Crippen molar-refractivity contribution >= 4 is 0 Å². The third-order valence-electron chi connectivity index (χ3n) is 2.92. The number of rotatable bonds is 4. The van der Waals surface area contributed by atoms with E-state index in [0.717, 1.165) is 16.9 Å². The summed E-state index contributed by atoms with van der Waals surface area (Å²) in [5.74, 6) is 0.782. The van der Waals surface area contributed by atoms with Crippen LogP contribution in [0.4, 0.5) is 0 Å². The molecule has 1 unspecified atom stereocenters. The molecule has 0 aliphatic rings. The van der Waals surface area contributed by atoms with Crippen molar-refractivity contribution in [2.45, 2.75) is 26.1 Å². The van der Waals surface area contributed by atoms with Crippen LogP contribution >= 0.6 is 0 Å². The molecule has 0 aromatic heterocycles. The van der Waals surface area contributed by atoms with Gasteiger partial charge in [0.25, 0.3) is 0 Å². The summed E-state index contributed by atoms with van der Waals surface area (Å²) in [6, 6.07) is 17.7. The zero-order chi connectivity index (χ0) is 13.0. The van der Waals surface area contributed by atoms with Crippen LogP contribution in [0.5, 0.6) is 5.75 Å². The molecule has 0 radical (unpaired) electrons. The van der Waals surface area contributed by atoms with Gasteiger partial charge < -0.3 is 9.84 Å². The highest BCUT2D eigenvalue weighted by molar-refractivity contribution is 5.30. The summed E-state index contributed by atoms with van der Waals surface area (Å²) in [4.78, 5) is 0. The van der Waals surface area contributed by atoms with Gasteiger partial charge in [-0.1, -0.05) is 42.5 Å². The zero-order valence-electron chi connectivity index (χ0n) is 10.7. The lowest BCUT2D eigenvalue weighted by molar-refractivity contribution is 0.196. The molecule has 0 bridgehead atoms. The first-order valence-corrected chi connectivity index (χ1v) is 6.16. The SMILES string of the molecule is CC(Oc1cccc([C@H](C)O)c1)c1ccccc1. The number of benzene rings is 2. The summed E-state index contributed by atoms with van der Waals surface area (Å²) in [5.41, 5.74) is 2.01. The van der Waals surface area contributed by atoms with Gasteiger partial charge in [0.1, 0.15) is 11.9 Å². The van der Waals surface area contributed by atoms with E-state index in [1.54, 1.807) is 6.92 Å². The maximum Gasteiger partial charge on any atom is 0.121 e. The van der Waals surface area contributed by atoms with Crippen LogP contribution in [0.15, 0.2) is 54.6 Å². The van der Waals surface area contributed by atoms with Gasteiger partial charge in [0, 0.05) is 0 Å². The minimum absolute atomic E-state index is 0.00421. The van der Waals surface area contributed by atoms with Gasteiger partial charge in [-0.25, -0.2) is 0 Å². The van der Waals surface area contributed by atoms with E-state index >= 15 is 0 Å². The average molecular weight is 242 g/mol. The van der Waals surface area contributed by atoms with E-state index in [2.05, 4.69) is 0 Å². The van der Waals surface area contributed by atoms with Crippen molar-refractivity contribution in [2.24, 2.45) is 0 Å². The monoisotopic (exact) mass is 242 g/mol. The van der Waals surface area contributed by atoms with E-state index in [0.29, 0.717) is 0 Å². The van der Waals surface area contributed by atoms with Crippen molar-refractivity contribution in [1.82, 2.24) is 0 Å². The third-order valence-corrected chi connectivity index (χ3v) is 2.92. The van der Waals surface area contributed by atoms with Crippen LogP contribution in [-0.4, -0.2) is 5.11 Å². The Balaban J connectivity index is 2.12. The van der Waals surface area contributed by atoms with Crippen molar-refractivity contribution in [3.05, 3.63) is 65.7 Å². The third kappa shape index (κ3) is 3.11. The average Bonchev–Trinajstić information content (AvgIpc) is 2.40. The van der Waals surface area contributed by atoms with E-state index in [9.17, 15) is 5.11 Å². The van der Waals surface area contributed by atoms with Gasteiger partial charge in [0.05, 0.1) is 6.10 Å². The van der Waals surface area contributed by atoms with Crippen molar-refractivity contribution in [3.8, 4) is 5.75 Å². The lowest BCUT2D eigenvalue weighted by atomic mass is 10.1. The van der Waals surface area contributed by atoms with Crippen LogP contribution < -0.4 is 4.74 Å². The molecule has 0 spiro atoms. The van der Waals surface area contributed by atoms with Crippen molar-refractivity contribution in [1.29, 1.82) is 0 Å². The minimum Gasteiger partial charge on any atom is -0.486 e. The van der Waals surface area contributed by atoms with Gasteiger partial charge in [0.15, 0.2) is 0 Å². The fourth-order valence-corrected chi connectivity index (χ4v) is 1.84. The Morgan fingerprint density at radius 2 is 1.56 bits per heavy atom. The molecular weight excluding hydrogens is 224 g/mol. The fourth-order valence-electron chi connectivity index (χ4n) is 1.84. The zero-order valence-corrected chi connectivity index (χ0v) is 10.7. The number of ether oxygens (including phenoxy) is 1. The minimum atomic E-state index is -0.472. The Morgan fingerprint density at radius 3 is 2.22 bits per heavy atom. The second-order valence-corrected chi connectivity index (χ2v) is 4.42. The van der Waals surface area contributed by atoms with Gasteiger partial charge in [-0.3, -0.25) is 0 Å². The fraction of sp³-hybridized carbons (Fsp3) is 0.250. The van der Waals surface area contributed by atoms with E-state index in [1.807, 2.05) is 61.5 Å². The Morgan fingerprint density at radius 1 is 0.889 bits per heavy atom. The van der Waals surface area contributed by atoms with Crippen LogP contribution in [0.3, 0.4) is 0 Å². The molecule has 0 heterocycles. The molecule has 18 heavy (non-hydrogen) atoms. The first-order chi connectivity index (χ1) is 8.66. The van der Waals surface area contributed by atoms with Gasteiger partial charge in [-0.15, -0.1) is 0 Å². The molecule has 0 fully saturated rings.